The normalized spacial score (nSPS) is 49.4. The molecule has 7 aliphatic rings. The third kappa shape index (κ3) is 9.73. The minimum Gasteiger partial charge on any atom is -0.462 e. The first-order chi connectivity index (χ1) is 29.5. The minimum absolute atomic E-state index is 0.00708. The lowest BCUT2D eigenvalue weighted by Gasteiger charge is -2.51. The van der Waals surface area contributed by atoms with Crippen molar-refractivity contribution in [3.8, 4) is 0 Å². The summed E-state index contributed by atoms with van der Waals surface area (Å²) in [5, 5.41) is 34.2. The molecule has 350 valence electrons. The maximum atomic E-state index is 14.4. The van der Waals surface area contributed by atoms with Gasteiger partial charge in [-0.15, -0.1) is 0 Å². The van der Waals surface area contributed by atoms with Crippen molar-refractivity contribution < 1.29 is 67.5 Å². The average molecular weight is 875 g/mol. The molecule has 0 amide bonds. The van der Waals surface area contributed by atoms with Crippen LogP contribution in [0.3, 0.4) is 0 Å². The molecule has 0 saturated carbocycles. The van der Waals surface area contributed by atoms with Crippen LogP contribution in [0.1, 0.15) is 107 Å². The Morgan fingerprint density at radius 1 is 0.919 bits per heavy atom. The number of aliphatic hydroxyl groups excluding tert-OH is 2. The van der Waals surface area contributed by atoms with E-state index in [1.165, 1.54) is 0 Å². The number of ether oxygens (including phenoxy) is 10. The van der Waals surface area contributed by atoms with E-state index in [1.54, 1.807) is 40.2 Å². The van der Waals surface area contributed by atoms with Crippen molar-refractivity contribution in [2.45, 2.75) is 204 Å². The van der Waals surface area contributed by atoms with E-state index in [-0.39, 0.29) is 30.8 Å². The van der Waals surface area contributed by atoms with Gasteiger partial charge in [0.1, 0.15) is 42.0 Å². The van der Waals surface area contributed by atoms with E-state index < -0.39 is 90.8 Å². The molecule has 6 heterocycles. The van der Waals surface area contributed by atoms with Crippen LogP contribution in [-0.4, -0.2) is 139 Å². The van der Waals surface area contributed by atoms with Crippen molar-refractivity contribution in [2.24, 2.45) is 23.7 Å². The first kappa shape index (κ1) is 47.9. The van der Waals surface area contributed by atoms with Gasteiger partial charge in [0.25, 0.3) is 0 Å². The molecule has 7 rings (SSSR count). The molecule has 0 aromatic carbocycles. The van der Waals surface area contributed by atoms with E-state index in [2.05, 4.69) is 40.7 Å². The van der Waals surface area contributed by atoms with Crippen molar-refractivity contribution in [3.63, 3.8) is 0 Å². The first-order valence-electron chi connectivity index (χ1n) is 23.2. The fourth-order valence-corrected chi connectivity index (χ4v) is 11.0. The lowest BCUT2D eigenvalue weighted by Crippen LogP contribution is -2.58. The van der Waals surface area contributed by atoms with E-state index >= 15 is 0 Å². The van der Waals surface area contributed by atoms with Crippen LogP contribution in [-0.2, 0) is 52.2 Å². The number of esters is 1. The quantitative estimate of drug-likeness (QED) is 0.204. The van der Waals surface area contributed by atoms with Crippen LogP contribution in [0.15, 0.2) is 47.1 Å². The van der Waals surface area contributed by atoms with Crippen molar-refractivity contribution in [3.05, 3.63) is 47.1 Å². The summed E-state index contributed by atoms with van der Waals surface area (Å²) in [4.78, 5) is 14.4. The van der Waals surface area contributed by atoms with Gasteiger partial charge in [-0.25, -0.2) is 0 Å². The molecule has 0 radical (unpaired) electrons. The summed E-state index contributed by atoms with van der Waals surface area (Å²) < 4.78 is 63.9. The van der Waals surface area contributed by atoms with E-state index in [9.17, 15) is 20.1 Å². The molecule has 14 nitrogen and oxygen atoms in total. The fraction of sp³-hybridized carbons (Fsp3) is 0.812. The van der Waals surface area contributed by atoms with E-state index in [0.29, 0.717) is 61.5 Å². The Hall–Kier alpha value is -2.05. The Labute approximate surface area is 368 Å². The number of carbonyl (C=O) groups is 1. The molecule has 14 heteroatoms. The third-order valence-corrected chi connectivity index (χ3v) is 14.9. The molecule has 5 fully saturated rings. The van der Waals surface area contributed by atoms with Crippen LogP contribution < -0.4 is 0 Å². The van der Waals surface area contributed by atoms with Gasteiger partial charge in [0.2, 0.25) is 0 Å². The zero-order valence-corrected chi connectivity index (χ0v) is 38.5. The molecule has 2 bridgehead atoms. The summed E-state index contributed by atoms with van der Waals surface area (Å²) in [6, 6.07) is 0. The third-order valence-electron chi connectivity index (χ3n) is 14.9. The molecular weight excluding hydrogens is 801 g/mol. The zero-order valence-electron chi connectivity index (χ0n) is 38.5. The highest BCUT2D eigenvalue weighted by Gasteiger charge is 2.60. The van der Waals surface area contributed by atoms with Gasteiger partial charge in [-0.05, 0) is 69.1 Å². The summed E-state index contributed by atoms with van der Waals surface area (Å²) in [7, 11) is 3.23. The predicted octanol–water partition coefficient (Wildman–Crippen LogP) is 5.60. The molecule has 8 unspecified atom stereocenters. The molecule has 5 saturated heterocycles. The Balaban J connectivity index is 1.18. The van der Waals surface area contributed by atoms with Gasteiger partial charge < -0.3 is 62.7 Å². The Kier molecular flexibility index (Phi) is 15.3. The Bertz CT molecular complexity index is 1680. The van der Waals surface area contributed by atoms with Gasteiger partial charge in [-0.1, -0.05) is 64.5 Å². The van der Waals surface area contributed by atoms with Crippen LogP contribution >= 0.6 is 0 Å². The lowest BCUT2D eigenvalue weighted by atomic mass is 9.71. The maximum absolute atomic E-state index is 14.4. The van der Waals surface area contributed by atoms with Gasteiger partial charge in [-0.2, -0.15) is 0 Å². The molecule has 1 aliphatic carbocycles. The zero-order chi connectivity index (χ0) is 44.7. The van der Waals surface area contributed by atoms with Crippen molar-refractivity contribution >= 4 is 5.97 Å². The largest absolute Gasteiger partial charge is 0.462 e. The second kappa shape index (κ2) is 19.8. The Morgan fingerprint density at radius 3 is 2.35 bits per heavy atom. The highest BCUT2D eigenvalue weighted by atomic mass is 16.7. The molecule has 20 atom stereocenters. The van der Waals surface area contributed by atoms with Gasteiger partial charge >= 0.3 is 5.97 Å². The number of aliphatic hydroxyl groups is 3. The molecule has 3 N–H and O–H groups in total. The van der Waals surface area contributed by atoms with Gasteiger partial charge in [0, 0.05) is 52.2 Å². The summed E-state index contributed by atoms with van der Waals surface area (Å²) in [5.41, 5.74) is 0.188. The van der Waals surface area contributed by atoms with Crippen molar-refractivity contribution in [1.29, 1.82) is 0 Å². The number of fused-ring (bicyclic) bond motifs is 2. The average Bonchev–Trinajstić information content (AvgIpc) is 3.58. The van der Waals surface area contributed by atoms with E-state index in [4.69, 9.17) is 47.4 Å². The van der Waals surface area contributed by atoms with Crippen molar-refractivity contribution in [1.82, 2.24) is 0 Å². The molecular formula is C48H74O14. The smallest absolute Gasteiger partial charge is 0.316 e. The van der Waals surface area contributed by atoms with Crippen LogP contribution in [0.2, 0.25) is 0 Å². The highest BCUT2D eigenvalue weighted by molar-refractivity contribution is 5.78. The van der Waals surface area contributed by atoms with Gasteiger partial charge in [-0.3, -0.25) is 4.79 Å². The minimum atomic E-state index is -1.82. The molecule has 62 heavy (non-hydrogen) atoms. The topological polar surface area (TPSA) is 170 Å². The SMILES string of the molecule is CC[C@H](C)[C@H]1O[C@]2(CC[C@@H]1C)CC1C[C@@H](C/C=C(\C)[C@@H](OC3CC(OC)[C@@H](OC4CC(OC)[C@@H](O)C(C)O4)C(C)O3)[C@@H](C)/C=C/C=C3\CO[C@@H]4C(O)C(C)=C[C@@H](C(=O)O1)[C@]34O)O2. The van der Waals surface area contributed by atoms with Crippen LogP contribution in [0.5, 0.6) is 0 Å². The standard InChI is InChI=1S/C48H74O14/c1-11-25(2)43-28(5)17-18-47(62-43)23-34-20-33(61-47)16-15-27(4)42(26(3)13-12-14-32-24-55-45-40(49)29(6)19-35(46(51)58-34)48(32,45)52)59-39-22-37(54-10)44(31(8)57-39)60-38-21-36(53-9)41(50)30(7)56-38/h12-15,19,25-26,28,30-31,33-45,49-50,52H,11,16-18,20-24H2,1-10H3/b13-12+,27-15+,32-14+/t25-,26-,28-,30?,31?,33+,34?,35-,36?,37?,38?,39?,40?,41-,42-,43+,44-,45+,47+,48+/m0/s1. The highest BCUT2D eigenvalue weighted by Crippen LogP contribution is 2.48. The second-order valence-corrected chi connectivity index (χ2v) is 19.4. The number of rotatable bonds is 8. The predicted molar refractivity (Wildman–Crippen MR) is 227 cm³/mol. The summed E-state index contributed by atoms with van der Waals surface area (Å²) in [5.74, 6) is -2.10. The number of methoxy groups -OCH3 is 2. The van der Waals surface area contributed by atoms with Gasteiger partial charge in [0.15, 0.2) is 18.4 Å². The second-order valence-electron chi connectivity index (χ2n) is 19.4. The molecule has 1 spiro atoms. The summed E-state index contributed by atoms with van der Waals surface area (Å²) in [6.07, 6.45) is 6.53. The number of hydrogen-bond acceptors (Lipinski definition) is 14. The first-order valence-corrected chi connectivity index (χ1v) is 23.2. The van der Waals surface area contributed by atoms with E-state index in [1.807, 2.05) is 19.1 Å². The lowest BCUT2D eigenvalue weighted by molar-refractivity contribution is -0.340. The Morgan fingerprint density at radius 2 is 1.63 bits per heavy atom. The number of hydrogen-bond donors (Lipinski definition) is 3. The van der Waals surface area contributed by atoms with Crippen LogP contribution in [0, 0.1) is 23.7 Å². The van der Waals surface area contributed by atoms with Crippen molar-refractivity contribution in [2.75, 3.05) is 20.8 Å². The molecule has 6 aliphatic heterocycles. The summed E-state index contributed by atoms with van der Waals surface area (Å²) >= 11 is 0. The molecule has 0 aromatic heterocycles. The van der Waals surface area contributed by atoms with E-state index in [0.717, 1.165) is 18.4 Å². The van der Waals surface area contributed by atoms with Crippen LogP contribution in [0.25, 0.3) is 0 Å². The monoisotopic (exact) mass is 875 g/mol. The van der Waals surface area contributed by atoms with Gasteiger partial charge in [0.05, 0.1) is 49.3 Å². The fourth-order valence-electron chi connectivity index (χ4n) is 11.0. The molecule has 0 aromatic rings. The number of carbonyl (C=O) groups excluding carboxylic acids is 1. The van der Waals surface area contributed by atoms with Crippen LogP contribution in [0.4, 0.5) is 0 Å². The summed E-state index contributed by atoms with van der Waals surface area (Å²) in [6.45, 7) is 16.3. The maximum Gasteiger partial charge on any atom is 0.316 e. The number of allylic oxidation sites excluding steroid dienone is 2.